The number of aliphatic carboxylic acids is 1. The van der Waals surface area contributed by atoms with Crippen molar-refractivity contribution < 1.29 is 19.8 Å². The molecule has 33 heavy (non-hydrogen) atoms. The molecule has 0 aromatic heterocycles. The number of carbonyl (C=O) groups is 2. The molecule has 4 fully saturated rings. The maximum Gasteiger partial charge on any atom is 0.307 e. The first-order valence-corrected chi connectivity index (χ1v) is 13.1. The molecule has 0 amide bonds. The number of rotatable bonds is 4. The minimum absolute atomic E-state index is 0.0182. The van der Waals surface area contributed by atoms with Crippen LogP contribution in [0.25, 0.3) is 0 Å². The molecule has 2 spiro atoms. The normalized spacial score (nSPS) is 49.8. The van der Waals surface area contributed by atoms with Gasteiger partial charge >= 0.3 is 5.97 Å². The molecule has 0 bridgehead atoms. The maximum absolute atomic E-state index is 12.7. The van der Waals surface area contributed by atoms with Crippen LogP contribution in [-0.2, 0) is 9.59 Å². The Labute approximate surface area is 198 Å². The maximum atomic E-state index is 12.7. The number of allylic oxidation sites excluding steroid dienone is 4. The number of carboxylic acids is 1. The third-order valence-electron chi connectivity index (χ3n) is 12.1. The summed E-state index contributed by atoms with van der Waals surface area (Å²) in [6, 6.07) is 0. The second kappa shape index (κ2) is 6.83. The highest BCUT2D eigenvalue weighted by atomic mass is 16.4. The molecule has 182 valence electrons. The SMILES string of the molecule is CC(C)=CC[C@@H](C(=O)O)[C@H]1CC[C@@]2(C)[C@@H]3CC[C@H]4C(C)(C)C(=O)C=C[C@@]45C[C@@]35C[C@@H](O)[C@]12C. The van der Waals surface area contributed by atoms with E-state index in [1.807, 2.05) is 19.9 Å². The number of aliphatic hydroxyl groups is 1. The van der Waals surface area contributed by atoms with E-state index < -0.39 is 23.4 Å². The lowest BCUT2D eigenvalue weighted by atomic mass is 9.41. The predicted molar refractivity (Wildman–Crippen MR) is 128 cm³/mol. The van der Waals surface area contributed by atoms with Crippen molar-refractivity contribution in [2.75, 3.05) is 0 Å². The second-order valence-corrected chi connectivity index (χ2v) is 13.5. The molecule has 5 aliphatic rings. The van der Waals surface area contributed by atoms with Crippen molar-refractivity contribution in [2.45, 2.75) is 92.6 Å². The summed E-state index contributed by atoms with van der Waals surface area (Å²) >= 11 is 0. The summed E-state index contributed by atoms with van der Waals surface area (Å²) in [7, 11) is 0. The first-order valence-electron chi connectivity index (χ1n) is 13.1. The number of aliphatic hydroxyl groups excluding tert-OH is 1. The molecular weight excluding hydrogens is 412 g/mol. The molecule has 4 heteroatoms. The van der Waals surface area contributed by atoms with E-state index in [1.165, 1.54) is 0 Å². The lowest BCUT2D eigenvalue weighted by Gasteiger charge is -2.63. The highest BCUT2D eigenvalue weighted by molar-refractivity contribution is 5.96. The molecule has 4 nitrogen and oxygen atoms in total. The Kier molecular flexibility index (Phi) is 4.83. The van der Waals surface area contributed by atoms with E-state index in [2.05, 4.69) is 39.8 Å². The highest BCUT2D eigenvalue weighted by Gasteiger charge is 2.83. The molecule has 2 N–H and O–H groups in total. The topological polar surface area (TPSA) is 74.6 Å². The van der Waals surface area contributed by atoms with Gasteiger partial charge in [0.2, 0.25) is 0 Å². The largest absolute Gasteiger partial charge is 0.481 e. The average molecular weight is 455 g/mol. The predicted octanol–water partition coefficient (Wildman–Crippen LogP) is 5.80. The molecular formula is C29H42O4. The summed E-state index contributed by atoms with van der Waals surface area (Å²) in [6.07, 6.45) is 12.0. The first kappa shape index (κ1) is 23.3. The molecule has 0 unspecified atom stereocenters. The summed E-state index contributed by atoms with van der Waals surface area (Å²) in [5.74, 6) is -0.124. The smallest absolute Gasteiger partial charge is 0.307 e. The fourth-order valence-electron chi connectivity index (χ4n) is 10.2. The minimum Gasteiger partial charge on any atom is -0.481 e. The number of carboxylic acid groups (broad SMARTS) is 1. The van der Waals surface area contributed by atoms with Crippen LogP contribution < -0.4 is 0 Å². The average Bonchev–Trinajstić information content (AvgIpc) is 3.29. The van der Waals surface area contributed by atoms with Gasteiger partial charge in [0.15, 0.2) is 5.78 Å². The van der Waals surface area contributed by atoms with E-state index in [0.29, 0.717) is 18.3 Å². The van der Waals surface area contributed by atoms with Gasteiger partial charge in [-0.3, -0.25) is 9.59 Å². The zero-order valence-electron chi connectivity index (χ0n) is 21.3. The van der Waals surface area contributed by atoms with Gasteiger partial charge in [-0.25, -0.2) is 0 Å². The van der Waals surface area contributed by atoms with Crippen LogP contribution in [0.15, 0.2) is 23.8 Å². The van der Waals surface area contributed by atoms with Gasteiger partial charge < -0.3 is 10.2 Å². The molecule has 9 atom stereocenters. The van der Waals surface area contributed by atoms with Crippen molar-refractivity contribution in [3.63, 3.8) is 0 Å². The van der Waals surface area contributed by atoms with Crippen molar-refractivity contribution >= 4 is 11.8 Å². The van der Waals surface area contributed by atoms with E-state index >= 15 is 0 Å². The Morgan fingerprint density at radius 2 is 1.82 bits per heavy atom. The fourth-order valence-corrected chi connectivity index (χ4v) is 10.2. The molecule has 0 aromatic rings. The molecule has 5 rings (SSSR count). The van der Waals surface area contributed by atoms with Crippen LogP contribution in [0.3, 0.4) is 0 Å². The Morgan fingerprint density at radius 1 is 1.15 bits per heavy atom. The summed E-state index contributed by atoms with van der Waals surface area (Å²) in [5, 5.41) is 22.1. The van der Waals surface area contributed by atoms with Crippen molar-refractivity contribution in [3.05, 3.63) is 23.8 Å². The number of carbonyl (C=O) groups excluding carboxylic acids is 1. The monoisotopic (exact) mass is 454 g/mol. The lowest BCUT2D eigenvalue weighted by molar-refractivity contribution is -0.192. The molecule has 0 heterocycles. The quantitative estimate of drug-likeness (QED) is 0.527. The Balaban J connectivity index is 1.54. The number of hydrogen-bond acceptors (Lipinski definition) is 3. The van der Waals surface area contributed by atoms with Gasteiger partial charge in [-0.15, -0.1) is 0 Å². The Morgan fingerprint density at radius 3 is 2.45 bits per heavy atom. The standard InChI is InChI=1S/C29H42O4/c1-17(2)7-8-18(24(32)33)19-11-13-26(5)21-10-9-20-25(3,4)22(30)12-14-28(20)16-29(21,28)15-23(31)27(19,26)6/h7,12,14,18-21,23,31H,8-11,13,15-16H2,1-6H3,(H,32,33)/t18-,19-,20+,21+,23-,26+,27+,28-,29+/m1/s1. The second-order valence-electron chi connectivity index (χ2n) is 13.5. The number of fused-ring (bicyclic) bond motifs is 2. The van der Waals surface area contributed by atoms with Crippen molar-refractivity contribution in [1.29, 1.82) is 0 Å². The van der Waals surface area contributed by atoms with Crippen LogP contribution in [0.5, 0.6) is 0 Å². The van der Waals surface area contributed by atoms with Crippen LogP contribution in [0, 0.1) is 50.7 Å². The van der Waals surface area contributed by atoms with Crippen molar-refractivity contribution in [3.8, 4) is 0 Å². The molecule has 5 aliphatic carbocycles. The van der Waals surface area contributed by atoms with E-state index in [0.717, 1.165) is 44.1 Å². The van der Waals surface area contributed by atoms with Crippen molar-refractivity contribution in [1.82, 2.24) is 0 Å². The molecule has 0 radical (unpaired) electrons. The van der Waals surface area contributed by atoms with Crippen LogP contribution in [0.1, 0.15) is 86.5 Å². The lowest BCUT2D eigenvalue weighted by Crippen LogP contribution is -2.61. The Bertz CT molecular complexity index is 957. The molecule has 4 saturated carbocycles. The van der Waals surface area contributed by atoms with Gasteiger partial charge in [-0.2, -0.15) is 0 Å². The number of ketones is 1. The third-order valence-corrected chi connectivity index (χ3v) is 12.1. The van der Waals surface area contributed by atoms with Crippen LogP contribution in [-0.4, -0.2) is 28.1 Å². The summed E-state index contributed by atoms with van der Waals surface area (Å²) in [5.41, 5.74) is 0.419. The third kappa shape index (κ3) is 2.62. The summed E-state index contributed by atoms with van der Waals surface area (Å²) < 4.78 is 0. The van der Waals surface area contributed by atoms with Crippen molar-refractivity contribution in [2.24, 2.45) is 50.7 Å². The van der Waals surface area contributed by atoms with Crippen LogP contribution in [0.2, 0.25) is 0 Å². The van der Waals surface area contributed by atoms with E-state index in [-0.39, 0.29) is 33.4 Å². The Hall–Kier alpha value is -1.42. The fraction of sp³-hybridized carbons (Fsp3) is 0.793. The van der Waals surface area contributed by atoms with E-state index in [9.17, 15) is 19.8 Å². The molecule has 0 aliphatic heterocycles. The zero-order valence-corrected chi connectivity index (χ0v) is 21.3. The zero-order chi connectivity index (χ0) is 24.2. The van der Waals surface area contributed by atoms with E-state index in [4.69, 9.17) is 0 Å². The van der Waals surface area contributed by atoms with Gasteiger partial charge in [0.25, 0.3) is 0 Å². The van der Waals surface area contributed by atoms with Crippen LogP contribution in [0.4, 0.5) is 0 Å². The summed E-state index contributed by atoms with van der Waals surface area (Å²) in [6.45, 7) is 12.9. The van der Waals surface area contributed by atoms with Gasteiger partial charge in [-0.1, -0.05) is 45.4 Å². The van der Waals surface area contributed by atoms with Gasteiger partial charge in [0.1, 0.15) is 0 Å². The number of hydrogen-bond donors (Lipinski definition) is 2. The first-order chi connectivity index (χ1) is 15.3. The molecule has 0 saturated heterocycles. The molecule has 0 aromatic carbocycles. The highest BCUT2D eigenvalue weighted by Crippen LogP contribution is 2.87. The van der Waals surface area contributed by atoms with Gasteiger partial charge in [0, 0.05) is 10.8 Å². The van der Waals surface area contributed by atoms with Crippen LogP contribution >= 0.6 is 0 Å². The minimum atomic E-state index is -0.725. The van der Waals surface area contributed by atoms with Gasteiger partial charge in [0.05, 0.1) is 12.0 Å². The summed E-state index contributed by atoms with van der Waals surface area (Å²) in [4.78, 5) is 25.2. The van der Waals surface area contributed by atoms with E-state index in [1.54, 1.807) is 0 Å². The van der Waals surface area contributed by atoms with Gasteiger partial charge in [-0.05, 0) is 98.9 Å².